The normalized spacial score (nSPS) is 13.2. The number of amides is 1. The molecule has 1 rings (SSSR count). The maximum absolute atomic E-state index is 11.5. The highest BCUT2D eigenvalue weighted by Crippen LogP contribution is 2.28. The summed E-state index contributed by atoms with van der Waals surface area (Å²) in [5.41, 5.74) is 0.270. The van der Waals surface area contributed by atoms with Gasteiger partial charge in [0.15, 0.2) is 0 Å². The Labute approximate surface area is 131 Å². The Hall–Kier alpha value is -2.04. The summed E-state index contributed by atoms with van der Waals surface area (Å²) in [4.78, 5) is 22.7. The Balaban J connectivity index is 2.14. The Morgan fingerprint density at radius 3 is 2.50 bits per heavy atom. The second-order valence-corrected chi connectivity index (χ2v) is 5.66. The molecule has 0 aliphatic rings. The SMILES string of the molecule is CCC(C)(CCCCNC(=O)OCc1ccccc1)C(=O)O. The van der Waals surface area contributed by atoms with Crippen molar-refractivity contribution in [3.05, 3.63) is 35.9 Å². The molecule has 1 aromatic carbocycles. The third-order valence-corrected chi connectivity index (χ3v) is 3.93. The molecule has 0 spiro atoms. The predicted molar refractivity (Wildman–Crippen MR) is 84.5 cm³/mol. The highest BCUT2D eigenvalue weighted by Gasteiger charge is 2.29. The Kier molecular flexibility index (Phi) is 7.43. The molecule has 0 bridgehead atoms. The van der Waals surface area contributed by atoms with E-state index in [1.807, 2.05) is 37.3 Å². The summed E-state index contributed by atoms with van der Waals surface area (Å²) < 4.78 is 5.09. The second kappa shape index (κ2) is 9.07. The minimum absolute atomic E-state index is 0.250. The van der Waals surface area contributed by atoms with Crippen molar-refractivity contribution < 1.29 is 19.4 Å². The van der Waals surface area contributed by atoms with E-state index in [1.54, 1.807) is 6.92 Å². The number of alkyl carbamates (subject to hydrolysis) is 1. The van der Waals surface area contributed by atoms with Crippen molar-refractivity contribution in [2.45, 2.75) is 46.1 Å². The van der Waals surface area contributed by atoms with E-state index in [0.29, 0.717) is 19.4 Å². The number of carbonyl (C=O) groups is 2. The second-order valence-electron chi connectivity index (χ2n) is 5.66. The largest absolute Gasteiger partial charge is 0.481 e. The summed E-state index contributed by atoms with van der Waals surface area (Å²) in [6.07, 6.45) is 2.27. The molecule has 0 aliphatic carbocycles. The summed E-state index contributed by atoms with van der Waals surface area (Å²) in [6, 6.07) is 9.48. The fourth-order valence-electron chi connectivity index (χ4n) is 2.04. The first-order chi connectivity index (χ1) is 10.5. The molecule has 1 amide bonds. The first-order valence-electron chi connectivity index (χ1n) is 7.66. The molecule has 0 heterocycles. The lowest BCUT2D eigenvalue weighted by Crippen LogP contribution is -2.28. The Morgan fingerprint density at radius 2 is 1.91 bits per heavy atom. The number of carboxylic acid groups (broad SMARTS) is 1. The van der Waals surface area contributed by atoms with E-state index in [2.05, 4.69) is 5.32 Å². The zero-order valence-corrected chi connectivity index (χ0v) is 13.3. The first-order valence-corrected chi connectivity index (χ1v) is 7.66. The van der Waals surface area contributed by atoms with Crippen LogP contribution < -0.4 is 5.32 Å². The molecule has 0 saturated heterocycles. The fraction of sp³-hybridized carbons (Fsp3) is 0.529. The number of unbranched alkanes of at least 4 members (excludes halogenated alkanes) is 1. The number of ether oxygens (including phenoxy) is 1. The van der Waals surface area contributed by atoms with Crippen molar-refractivity contribution >= 4 is 12.1 Å². The van der Waals surface area contributed by atoms with Gasteiger partial charge in [-0.25, -0.2) is 4.79 Å². The number of aliphatic carboxylic acids is 1. The molecule has 0 radical (unpaired) electrons. The van der Waals surface area contributed by atoms with Crippen LogP contribution in [0.1, 0.15) is 45.1 Å². The lowest BCUT2D eigenvalue weighted by Gasteiger charge is -2.22. The summed E-state index contributed by atoms with van der Waals surface area (Å²) >= 11 is 0. The van der Waals surface area contributed by atoms with Crippen LogP contribution in [0.25, 0.3) is 0 Å². The molecule has 1 aromatic rings. The van der Waals surface area contributed by atoms with E-state index in [4.69, 9.17) is 9.84 Å². The summed E-state index contributed by atoms with van der Waals surface area (Å²) in [5.74, 6) is -0.759. The standard InChI is InChI=1S/C17H25NO4/c1-3-17(2,15(19)20)11-7-8-12-18-16(21)22-13-14-9-5-4-6-10-14/h4-6,9-10H,3,7-8,11-13H2,1-2H3,(H,18,21)(H,19,20). The van der Waals surface area contributed by atoms with Crippen LogP contribution in [0.4, 0.5) is 4.79 Å². The van der Waals surface area contributed by atoms with Crippen molar-refractivity contribution in [2.24, 2.45) is 5.41 Å². The van der Waals surface area contributed by atoms with Gasteiger partial charge >= 0.3 is 12.1 Å². The van der Waals surface area contributed by atoms with E-state index in [1.165, 1.54) is 0 Å². The Bertz CT molecular complexity index is 475. The molecule has 0 saturated carbocycles. The van der Waals surface area contributed by atoms with Gasteiger partial charge in [-0.15, -0.1) is 0 Å². The lowest BCUT2D eigenvalue weighted by atomic mass is 9.82. The average Bonchev–Trinajstić information content (AvgIpc) is 2.53. The van der Waals surface area contributed by atoms with Crippen LogP contribution in [-0.2, 0) is 16.1 Å². The minimum atomic E-state index is -0.759. The number of hydrogen-bond acceptors (Lipinski definition) is 3. The lowest BCUT2D eigenvalue weighted by molar-refractivity contribution is -0.148. The fourth-order valence-corrected chi connectivity index (χ4v) is 2.04. The molecular weight excluding hydrogens is 282 g/mol. The molecule has 1 unspecified atom stereocenters. The van der Waals surface area contributed by atoms with Crippen LogP contribution in [0.3, 0.4) is 0 Å². The molecule has 2 N–H and O–H groups in total. The van der Waals surface area contributed by atoms with Gasteiger partial charge in [-0.2, -0.15) is 0 Å². The van der Waals surface area contributed by atoms with Gasteiger partial charge in [-0.1, -0.05) is 43.7 Å². The number of benzene rings is 1. The predicted octanol–water partition coefficient (Wildman–Crippen LogP) is 3.58. The van der Waals surface area contributed by atoms with Crippen molar-refractivity contribution in [3.8, 4) is 0 Å². The van der Waals surface area contributed by atoms with Crippen molar-refractivity contribution in [3.63, 3.8) is 0 Å². The van der Waals surface area contributed by atoms with Gasteiger partial charge in [-0.3, -0.25) is 4.79 Å². The molecule has 0 aromatic heterocycles. The molecule has 122 valence electrons. The number of hydrogen-bond donors (Lipinski definition) is 2. The molecular formula is C17H25NO4. The molecule has 22 heavy (non-hydrogen) atoms. The van der Waals surface area contributed by atoms with E-state index < -0.39 is 17.5 Å². The number of nitrogens with one attached hydrogen (secondary N) is 1. The van der Waals surface area contributed by atoms with Gasteiger partial charge in [0.1, 0.15) is 6.61 Å². The minimum Gasteiger partial charge on any atom is -0.481 e. The van der Waals surface area contributed by atoms with Crippen molar-refractivity contribution in [1.29, 1.82) is 0 Å². The Morgan fingerprint density at radius 1 is 1.23 bits per heavy atom. The van der Waals surface area contributed by atoms with Gasteiger partial charge in [0.05, 0.1) is 5.41 Å². The van der Waals surface area contributed by atoms with Gasteiger partial charge < -0.3 is 15.2 Å². The topological polar surface area (TPSA) is 75.6 Å². The van der Waals surface area contributed by atoms with E-state index >= 15 is 0 Å². The van der Waals surface area contributed by atoms with Gasteiger partial charge in [0, 0.05) is 6.54 Å². The quantitative estimate of drug-likeness (QED) is 0.684. The van der Waals surface area contributed by atoms with Crippen LogP contribution in [0.15, 0.2) is 30.3 Å². The van der Waals surface area contributed by atoms with E-state index in [9.17, 15) is 9.59 Å². The van der Waals surface area contributed by atoms with E-state index in [-0.39, 0.29) is 6.61 Å². The number of carbonyl (C=O) groups excluding carboxylic acids is 1. The van der Waals surface area contributed by atoms with Crippen LogP contribution >= 0.6 is 0 Å². The molecule has 0 fully saturated rings. The summed E-state index contributed by atoms with van der Waals surface area (Å²) in [5, 5.41) is 11.8. The third kappa shape index (κ3) is 6.16. The van der Waals surface area contributed by atoms with Crippen LogP contribution in [0.5, 0.6) is 0 Å². The third-order valence-electron chi connectivity index (χ3n) is 3.93. The number of rotatable bonds is 9. The van der Waals surface area contributed by atoms with Gasteiger partial charge in [0.2, 0.25) is 0 Å². The van der Waals surface area contributed by atoms with Crippen molar-refractivity contribution in [2.75, 3.05) is 6.54 Å². The molecule has 5 heteroatoms. The number of carboxylic acids is 1. The monoisotopic (exact) mass is 307 g/mol. The smallest absolute Gasteiger partial charge is 0.407 e. The maximum atomic E-state index is 11.5. The van der Waals surface area contributed by atoms with Crippen molar-refractivity contribution in [1.82, 2.24) is 5.32 Å². The highest BCUT2D eigenvalue weighted by atomic mass is 16.5. The van der Waals surface area contributed by atoms with E-state index in [0.717, 1.165) is 18.4 Å². The zero-order chi connectivity index (χ0) is 16.4. The highest BCUT2D eigenvalue weighted by molar-refractivity contribution is 5.73. The summed E-state index contributed by atoms with van der Waals surface area (Å²) in [6.45, 7) is 4.39. The zero-order valence-electron chi connectivity index (χ0n) is 13.3. The first kappa shape index (κ1) is 18.0. The molecule has 1 atom stereocenters. The van der Waals surface area contributed by atoms with Crippen LogP contribution in [0.2, 0.25) is 0 Å². The van der Waals surface area contributed by atoms with Crippen LogP contribution in [0, 0.1) is 5.41 Å². The van der Waals surface area contributed by atoms with Gasteiger partial charge in [-0.05, 0) is 31.7 Å². The molecule has 0 aliphatic heterocycles. The maximum Gasteiger partial charge on any atom is 0.407 e. The molecule has 5 nitrogen and oxygen atoms in total. The average molecular weight is 307 g/mol. The summed E-state index contributed by atoms with van der Waals surface area (Å²) in [7, 11) is 0. The van der Waals surface area contributed by atoms with Crippen LogP contribution in [-0.4, -0.2) is 23.7 Å². The van der Waals surface area contributed by atoms with Gasteiger partial charge in [0.25, 0.3) is 0 Å².